The minimum absolute atomic E-state index is 0.256. The molecule has 0 bridgehead atoms. The normalized spacial score (nSPS) is 14.9. The van der Waals surface area contributed by atoms with Crippen LogP contribution in [-0.2, 0) is 6.54 Å². The van der Waals surface area contributed by atoms with E-state index in [1.54, 1.807) is 14.2 Å². The fourth-order valence-electron chi connectivity index (χ4n) is 3.25. The van der Waals surface area contributed by atoms with E-state index < -0.39 is 0 Å². The molecule has 4 nitrogen and oxygen atoms in total. The van der Waals surface area contributed by atoms with Gasteiger partial charge in [-0.1, -0.05) is 30.3 Å². The van der Waals surface area contributed by atoms with Gasteiger partial charge in [-0.25, -0.2) is 0 Å². The molecule has 0 amide bonds. The van der Waals surface area contributed by atoms with Crippen LogP contribution in [0.15, 0.2) is 48.5 Å². The third kappa shape index (κ3) is 5.15. The number of ether oxygens (including phenoxy) is 3. The van der Waals surface area contributed by atoms with Crippen molar-refractivity contribution in [3.05, 3.63) is 54.1 Å². The Hall–Kier alpha value is -2.20. The first-order valence-electron chi connectivity index (χ1n) is 9.30. The Bertz CT molecular complexity index is 685. The highest BCUT2D eigenvalue weighted by Crippen LogP contribution is 2.38. The van der Waals surface area contributed by atoms with Crippen LogP contribution in [0.4, 0.5) is 0 Å². The molecule has 3 rings (SSSR count). The van der Waals surface area contributed by atoms with Crippen LogP contribution in [0.1, 0.15) is 24.8 Å². The molecule has 1 saturated carbocycles. The Morgan fingerprint density at radius 2 is 1.73 bits per heavy atom. The third-order valence-electron chi connectivity index (χ3n) is 4.88. The zero-order chi connectivity index (χ0) is 18.4. The second kappa shape index (κ2) is 8.95. The fraction of sp³-hybridized carbons (Fsp3) is 0.455. The monoisotopic (exact) mass is 355 g/mol. The van der Waals surface area contributed by atoms with Crippen LogP contribution >= 0.6 is 0 Å². The van der Waals surface area contributed by atoms with Gasteiger partial charge in [-0.15, -0.1) is 0 Å². The molecule has 26 heavy (non-hydrogen) atoms. The molecule has 0 radical (unpaired) electrons. The maximum Gasteiger partial charge on any atom is 0.164 e. The van der Waals surface area contributed by atoms with Crippen molar-refractivity contribution < 1.29 is 14.2 Å². The molecule has 0 spiro atoms. The van der Waals surface area contributed by atoms with E-state index in [0.29, 0.717) is 11.7 Å². The zero-order valence-electron chi connectivity index (χ0n) is 16.0. The molecule has 0 saturated heterocycles. The van der Waals surface area contributed by atoms with E-state index in [1.807, 2.05) is 18.2 Å². The van der Waals surface area contributed by atoms with E-state index >= 15 is 0 Å². The zero-order valence-corrected chi connectivity index (χ0v) is 16.0. The van der Waals surface area contributed by atoms with Gasteiger partial charge in [-0.3, -0.25) is 0 Å². The van der Waals surface area contributed by atoms with E-state index in [9.17, 15) is 0 Å². The largest absolute Gasteiger partial charge is 0.493 e. The molecule has 1 atom stereocenters. The van der Waals surface area contributed by atoms with Gasteiger partial charge < -0.3 is 19.1 Å². The number of hydrogen-bond donors (Lipinski definition) is 0. The Kier molecular flexibility index (Phi) is 6.40. The van der Waals surface area contributed by atoms with Crippen molar-refractivity contribution in [3.63, 3.8) is 0 Å². The van der Waals surface area contributed by atoms with Crippen molar-refractivity contribution in [1.29, 1.82) is 0 Å². The Morgan fingerprint density at radius 1 is 1.00 bits per heavy atom. The number of nitrogens with zero attached hydrogens (tertiary/aromatic N) is 1. The summed E-state index contributed by atoms with van der Waals surface area (Å²) in [6.45, 7) is 1.98. The molecule has 1 aliphatic rings. The van der Waals surface area contributed by atoms with Gasteiger partial charge in [0.25, 0.3) is 0 Å². The highest BCUT2D eigenvalue weighted by Gasteiger charge is 2.33. The lowest BCUT2D eigenvalue weighted by atomic mass is 10.1. The number of rotatable bonds is 10. The summed E-state index contributed by atoms with van der Waals surface area (Å²) in [5.41, 5.74) is 1.35. The van der Waals surface area contributed by atoms with Crippen molar-refractivity contribution in [1.82, 2.24) is 4.90 Å². The molecular weight excluding hydrogens is 326 g/mol. The third-order valence-corrected chi connectivity index (χ3v) is 4.88. The SMILES string of the molecule is COc1ccc(OC(CCN(C)Cc2ccccc2)C2CC2)cc1OC. The Labute approximate surface area is 156 Å². The molecule has 0 aliphatic heterocycles. The first-order valence-corrected chi connectivity index (χ1v) is 9.30. The lowest BCUT2D eigenvalue weighted by Gasteiger charge is -2.23. The van der Waals surface area contributed by atoms with Gasteiger partial charge in [0, 0.05) is 19.2 Å². The van der Waals surface area contributed by atoms with Crippen molar-refractivity contribution in [2.45, 2.75) is 31.9 Å². The van der Waals surface area contributed by atoms with E-state index in [4.69, 9.17) is 14.2 Å². The van der Waals surface area contributed by atoms with Crippen molar-refractivity contribution in [3.8, 4) is 17.2 Å². The van der Waals surface area contributed by atoms with Crippen LogP contribution in [0.5, 0.6) is 17.2 Å². The number of hydrogen-bond acceptors (Lipinski definition) is 4. The summed E-state index contributed by atoms with van der Waals surface area (Å²) < 4.78 is 17.0. The predicted octanol–water partition coefficient (Wildman–Crippen LogP) is 4.38. The van der Waals surface area contributed by atoms with E-state index in [1.165, 1.54) is 18.4 Å². The highest BCUT2D eigenvalue weighted by molar-refractivity contribution is 5.45. The van der Waals surface area contributed by atoms with Gasteiger partial charge in [-0.2, -0.15) is 0 Å². The topological polar surface area (TPSA) is 30.9 Å². The summed E-state index contributed by atoms with van der Waals surface area (Å²) in [6, 6.07) is 16.4. The second-order valence-corrected chi connectivity index (χ2v) is 7.02. The number of methoxy groups -OCH3 is 2. The number of benzene rings is 2. The maximum absolute atomic E-state index is 6.32. The smallest absolute Gasteiger partial charge is 0.164 e. The van der Waals surface area contributed by atoms with Gasteiger partial charge in [0.05, 0.1) is 14.2 Å². The van der Waals surface area contributed by atoms with Gasteiger partial charge in [-0.05, 0) is 49.9 Å². The van der Waals surface area contributed by atoms with Crippen LogP contribution in [0.3, 0.4) is 0 Å². The van der Waals surface area contributed by atoms with Gasteiger partial charge in [0.15, 0.2) is 11.5 Å². The first-order chi connectivity index (χ1) is 12.7. The van der Waals surface area contributed by atoms with E-state index in [2.05, 4.69) is 42.3 Å². The van der Waals surface area contributed by atoms with Gasteiger partial charge >= 0.3 is 0 Å². The minimum Gasteiger partial charge on any atom is -0.493 e. The molecular formula is C22H29NO3. The maximum atomic E-state index is 6.32. The summed E-state index contributed by atoms with van der Waals surface area (Å²) in [7, 11) is 5.47. The Balaban J connectivity index is 1.56. The van der Waals surface area contributed by atoms with Gasteiger partial charge in [0.1, 0.15) is 11.9 Å². The van der Waals surface area contributed by atoms with Crippen molar-refractivity contribution in [2.24, 2.45) is 5.92 Å². The van der Waals surface area contributed by atoms with E-state index in [0.717, 1.165) is 31.0 Å². The lowest BCUT2D eigenvalue weighted by molar-refractivity contribution is 0.148. The average molecular weight is 355 g/mol. The van der Waals surface area contributed by atoms with E-state index in [-0.39, 0.29) is 6.10 Å². The average Bonchev–Trinajstić information content (AvgIpc) is 3.51. The lowest BCUT2D eigenvalue weighted by Crippen LogP contribution is -2.27. The second-order valence-electron chi connectivity index (χ2n) is 7.02. The van der Waals surface area contributed by atoms with Crippen LogP contribution < -0.4 is 14.2 Å². The molecule has 1 aliphatic carbocycles. The summed E-state index contributed by atoms with van der Waals surface area (Å²) in [4.78, 5) is 2.36. The molecule has 0 aromatic heterocycles. The van der Waals surface area contributed by atoms with Crippen molar-refractivity contribution >= 4 is 0 Å². The summed E-state index contributed by atoms with van der Waals surface area (Å²) in [5.74, 6) is 2.96. The molecule has 140 valence electrons. The van der Waals surface area contributed by atoms with Crippen molar-refractivity contribution in [2.75, 3.05) is 27.8 Å². The molecule has 4 heteroatoms. The summed E-state index contributed by atoms with van der Waals surface area (Å²) in [5, 5.41) is 0. The molecule has 2 aromatic rings. The quantitative estimate of drug-likeness (QED) is 0.633. The molecule has 0 N–H and O–H groups in total. The first kappa shape index (κ1) is 18.6. The fourth-order valence-corrected chi connectivity index (χ4v) is 3.25. The predicted molar refractivity (Wildman–Crippen MR) is 104 cm³/mol. The van der Waals surface area contributed by atoms with Crippen LogP contribution in [0.25, 0.3) is 0 Å². The van der Waals surface area contributed by atoms with Crippen LogP contribution in [0, 0.1) is 5.92 Å². The standard InChI is InChI=1S/C22H29NO3/c1-23(16-17-7-5-4-6-8-17)14-13-20(18-9-10-18)26-19-11-12-21(24-2)22(15-19)25-3/h4-8,11-12,15,18,20H,9-10,13-14,16H2,1-3H3. The highest BCUT2D eigenvalue weighted by atomic mass is 16.5. The molecule has 1 unspecified atom stereocenters. The van der Waals surface area contributed by atoms with Crippen LogP contribution in [-0.4, -0.2) is 38.8 Å². The summed E-state index contributed by atoms with van der Waals surface area (Å²) in [6.07, 6.45) is 3.81. The van der Waals surface area contributed by atoms with Gasteiger partial charge in [0.2, 0.25) is 0 Å². The summed E-state index contributed by atoms with van der Waals surface area (Å²) >= 11 is 0. The molecule has 0 heterocycles. The Morgan fingerprint density at radius 3 is 2.38 bits per heavy atom. The molecule has 2 aromatic carbocycles. The molecule has 1 fully saturated rings. The van der Waals surface area contributed by atoms with Crippen LogP contribution in [0.2, 0.25) is 0 Å². The minimum atomic E-state index is 0.256.